The molecule has 2 aliphatic rings. The van der Waals surface area contributed by atoms with E-state index in [0.717, 1.165) is 47.9 Å². The molecule has 5 rings (SSSR count). The molecule has 1 unspecified atom stereocenters. The van der Waals surface area contributed by atoms with Gasteiger partial charge >= 0.3 is 0 Å². The fourth-order valence-corrected chi connectivity index (χ4v) is 3.42. The van der Waals surface area contributed by atoms with Crippen LogP contribution in [-0.4, -0.2) is 44.1 Å². The molecule has 4 heterocycles. The predicted octanol–water partition coefficient (Wildman–Crippen LogP) is 2.38. The average Bonchev–Trinajstić information content (AvgIpc) is 3.41. The van der Waals surface area contributed by atoms with Crippen molar-refractivity contribution in [3.05, 3.63) is 42.9 Å². The number of anilines is 2. The number of nitrogens with one attached hydrogen (secondary N) is 1. The van der Waals surface area contributed by atoms with Crippen LogP contribution in [0.3, 0.4) is 0 Å². The van der Waals surface area contributed by atoms with E-state index in [1.807, 2.05) is 18.3 Å². The summed E-state index contributed by atoms with van der Waals surface area (Å²) >= 11 is 0. The van der Waals surface area contributed by atoms with E-state index in [2.05, 4.69) is 35.1 Å². The molecular weight excluding hydrogens is 314 g/mol. The molecule has 1 saturated carbocycles. The zero-order chi connectivity index (χ0) is 16.6. The molecule has 0 amide bonds. The highest BCUT2D eigenvalue weighted by Gasteiger charge is 2.28. The first-order chi connectivity index (χ1) is 12.4. The summed E-state index contributed by atoms with van der Waals surface area (Å²) in [6, 6.07) is 4.30. The summed E-state index contributed by atoms with van der Waals surface area (Å²) in [7, 11) is 0. The van der Waals surface area contributed by atoms with Crippen LogP contribution in [0.1, 0.15) is 31.0 Å². The van der Waals surface area contributed by atoms with E-state index < -0.39 is 0 Å². The molecule has 1 atom stereocenters. The van der Waals surface area contributed by atoms with E-state index >= 15 is 0 Å². The quantitative estimate of drug-likeness (QED) is 0.785. The summed E-state index contributed by atoms with van der Waals surface area (Å²) in [4.78, 5) is 24.3. The van der Waals surface area contributed by atoms with E-state index in [1.54, 1.807) is 18.7 Å². The Hall–Kier alpha value is -2.83. The second-order valence-corrected chi connectivity index (χ2v) is 6.74. The Kier molecular flexibility index (Phi) is 3.43. The number of fused-ring (bicyclic) bond motifs is 1. The van der Waals surface area contributed by atoms with Crippen molar-refractivity contribution >= 4 is 22.5 Å². The first-order valence-corrected chi connectivity index (χ1v) is 8.76. The second kappa shape index (κ2) is 5.91. The average molecular weight is 333 g/mol. The van der Waals surface area contributed by atoms with Gasteiger partial charge in [0.2, 0.25) is 0 Å². The number of nitrogens with zero attached hydrogens (tertiary/aromatic N) is 6. The Labute approximate surface area is 145 Å². The van der Waals surface area contributed by atoms with Gasteiger partial charge in [-0.25, -0.2) is 19.9 Å². The normalized spacial score (nSPS) is 20.2. The minimum absolute atomic E-state index is 0.355. The molecule has 1 saturated heterocycles. The van der Waals surface area contributed by atoms with Gasteiger partial charge in [-0.2, -0.15) is 0 Å². The van der Waals surface area contributed by atoms with E-state index in [-0.39, 0.29) is 0 Å². The SMILES string of the molecule is c1cc2c(N3CCC(Nc4ccnc(C5CC5)n4)C3)ncnc2cn1. The number of hydrogen-bond donors (Lipinski definition) is 1. The molecular formula is C18H19N7. The predicted molar refractivity (Wildman–Crippen MR) is 95.6 cm³/mol. The summed E-state index contributed by atoms with van der Waals surface area (Å²) in [5.74, 6) is 3.47. The summed E-state index contributed by atoms with van der Waals surface area (Å²) in [6.07, 6.45) is 10.5. The monoisotopic (exact) mass is 333 g/mol. The third kappa shape index (κ3) is 2.86. The summed E-state index contributed by atoms with van der Waals surface area (Å²) in [5.41, 5.74) is 0.883. The first-order valence-electron chi connectivity index (χ1n) is 8.76. The van der Waals surface area contributed by atoms with Crippen molar-refractivity contribution in [2.24, 2.45) is 0 Å². The lowest BCUT2D eigenvalue weighted by atomic mass is 10.2. The third-order valence-corrected chi connectivity index (χ3v) is 4.87. The summed E-state index contributed by atoms with van der Waals surface area (Å²) in [5, 5.41) is 4.62. The Morgan fingerprint density at radius 3 is 2.92 bits per heavy atom. The van der Waals surface area contributed by atoms with Crippen LogP contribution in [0, 0.1) is 0 Å². The van der Waals surface area contributed by atoms with E-state index in [9.17, 15) is 0 Å². The molecule has 1 aliphatic heterocycles. The van der Waals surface area contributed by atoms with Gasteiger partial charge in [-0.05, 0) is 31.4 Å². The zero-order valence-corrected chi connectivity index (χ0v) is 13.8. The lowest BCUT2D eigenvalue weighted by Gasteiger charge is -2.19. The van der Waals surface area contributed by atoms with Gasteiger partial charge in [0.25, 0.3) is 0 Å². The largest absolute Gasteiger partial charge is 0.365 e. The fourth-order valence-electron chi connectivity index (χ4n) is 3.42. The van der Waals surface area contributed by atoms with Crippen molar-refractivity contribution in [2.75, 3.05) is 23.3 Å². The first kappa shape index (κ1) is 14.5. The molecule has 1 N–H and O–H groups in total. The maximum absolute atomic E-state index is 4.67. The van der Waals surface area contributed by atoms with Gasteiger partial charge in [0.15, 0.2) is 0 Å². The smallest absolute Gasteiger partial charge is 0.140 e. The van der Waals surface area contributed by atoms with Crippen molar-refractivity contribution in [2.45, 2.75) is 31.2 Å². The van der Waals surface area contributed by atoms with Gasteiger partial charge in [0, 0.05) is 42.8 Å². The topological polar surface area (TPSA) is 79.7 Å². The highest BCUT2D eigenvalue weighted by atomic mass is 15.2. The number of hydrogen-bond acceptors (Lipinski definition) is 7. The maximum atomic E-state index is 4.67. The molecule has 0 spiro atoms. The highest BCUT2D eigenvalue weighted by Crippen LogP contribution is 2.38. The van der Waals surface area contributed by atoms with Gasteiger partial charge in [-0.15, -0.1) is 0 Å². The van der Waals surface area contributed by atoms with Gasteiger partial charge < -0.3 is 10.2 Å². The molecule has 3 aromatic rings. The standard InChI is InChI=1S/C18H19N7/c1-2-12(1)17-20-7-4-16(24-17)23-13-5-8-25(10-13)18-14-3-6-19-9-15(14)21-11-22-18/h3-4,6-7,9,11-13H,1-2,5,8,10H2,(H,20,23,24). The van der Waals surface area contributed by atoms with E-state index in [1.165, 1.54) is 12.8 Å². The van der Waals surface area contributed by atoms with Crippen LogP contribution >= 0.6 is 0 Å². The minimum Gasteiger partial charge on any atom is -0.365 e. The lowest BCUT2D eigenvalue weighted by molar-refractivity contribution is 0.793. The summed E-state index contributed by atoms with van der Waals surface area (Å²) < 4.78 is 0. The van der Waals surface area contributed by atoms with Gasteiger partial charge in [0.05, 0.1) is 11.7 Å². The Morgan fingerprint density at radius 2 is 2.00 bits per heavy atom. The number of pyridine rings is 1. The molecule has 7 heteroatoms. The summed E-state index contributed by atoms with van der Waals surface area (Å²) in [6.45, 7) is 1.86. The van der Waals surface area contributed by atoms with Gasteiger partial charge in [0.1, 0.15) is 23.8 Å². The third-order valence-electron chi connectivity index (χ3n) is 4.87. The van der Waals surface area contributed by atoms with Crippen LogP contribution < -0.4 is 10.2 Å². The Morgan fingerprint density at radius 1 is 1.04 bits per heavy atom. The van der Waals surface area contributed by atoms with Crippen LogP contribution in [0.25, 0.3) is 10.9 Å². The minimum atomic E-state index is 0.355. The molecule has 7 nitrogen and oxygen atoms in total. The van der Waals surface area contributed by atoms with Crippen molar-refractivity contribution in [1.82, 2.24) is 24.9 Å². The van der Waals surface area contributed by atoms with Crippen molar-refractivity contribution in [3.8, 4) is 0 Å². The van der Waals surface area contributed by atoms with Gasteiger partial charge in [-0.1, -0.05) is 0 Å². The molecule has 0 bridgehead atoms. The van der Waals surface area contributed by atoms with Crippen LogP contribution in [0.4, 0.5) is 11.6 Å². The fraction of sp³-hybridized carbons (Fsp3) is 0.389. The number of rotatable bonds is 4. The van der Waals surface area contributed by atoms with E-state index in [4.69, 9.17) is 0 Å². The Bertz CT molecular complexity index is 903. The molecule has 2 fully saturated rings. The van der Waals surface area contributed by atoms with Crippen LogP contribution in [-0.2, 0) is 0 Å². The Balaban J connectivity index is 1.33. The highest BCUT2D eigenvalue weighted by molar-refractivity contribution is 5.88. The van der Waals surface area contributed by atoms with Crippen molar-refractivity contribution in [1.29, 1.82) is 0 Å². The van der Waals surface area contributed by atoms with E-state index in [0.29, 0.717) is 12.0 Å². The zero-order valence-electron chi connectivity index (χ0n) is 13.8. The van der Waals surface area contributed by atoms with Crippen molar-refractivity contribution in [3.63, 3.8) is 0 Å². The molecule has 126 valence electrons. The molecule has 0 radical (unpaired) electrons. The molecule has 0 aromatic carbocycles. The van der Waals surface area contributed by atoms with Crippen LogP contribution in [0.5, 0.6) is 0 Å². The van der Waals surface area contributed by atoms with Crippen molar-refractivity contribution < 1.29 is 0 Å². The van der Waals surface area contributed by atoms with Gasteiger partial charge in [-0.3, -0.25) is 4.98 Å². The van der Waals surface area contributed by atoms with Crippen LogP contribution in [0.2, 0.25) is 0 Å². The van der Waals surface area contributed by atoms with Crippen LogP contribution in [0.15, 0.2) is 37.1 Å². The number of aromatic nitrogens is 5. The second-order valence-electron chi connectivity index (χ2n) is 6.74. The molecule has 1 aliphatic carbocycles. The maximum Gasteiger partial charge on any atom is 0.140 e. The lowest BCUT2D eigenvalue weighted by Crippen LogP contribution is -2.27. The molecule has 3 aromatic heterocycles. The molecule has 25 heavy (non-hydrogen) atoms.